The molecule has 0 saturated heterocycles. The summed E-state index contributed by atoms with van der Waals surface area (Å²) in [4.78, 5) is 0. The minimum atomic E-state index is -0.218. The molecule has 0 aromatic heterocycles. The van der Waals surface area contributed by atoms with Gasteiger partial charge in [-0.25, -0.2) is 0 Å². The Kier molecular flexibility index (Phi) is 18.6. The van der Waals surface area contributed by atoms with Gasteiger partial charge < -0.3 is 18.9 Å². The van der Waals surface area contributed by atoms with Gasteiger partial charge in [0.25, 0.3) is 20.2 Å². The van der Waals surface area contributed by atoms with Crippen molar-refractivity contribution in [1.29, 1.82) is 0 Å². The normalized spacial score (nSPS) is 13.4. The number of para-hydroxylation sites is 3. The van der Waals surface area contributed by atoms with Crippen LogP contribution in [0.5, 0.6) is 28.7 Å². The molecule has 0 bridgehead atoms. The largest absolute Gasteiger partial charge is 0.457 e. The van der Waals surface area contributed by atoms with Crippen LogP contribution in [0.4, 0.5) is 17.1 Å². The Hall–Kier alpha value is -10.4. The van der Waals surface area contributed by atoms with Crippen molar-refractivity contribution in [3.8, 4) is 28.7 Å². The summed E-state index contributed by atoms with van der Waals surface area (Å²) in [5.74, 6) is 4.52. The molecule has 7 nitrogen and oxygen atoms in total. The molecule has 3 aliphatic rings. The van der Waals surface area contributed by atoms with Crippen LogP contribution in [0, 0.1) is 27.7 Å². The van der Waals surface area contributed by atoms with Crippen molar-refractivity contribution in [3.05, 3.63) is 344 Å². The minimum absolute atomic E-state index is 0.156. The highest BCUT2D eigenvalue weighted by atomic mass is 16.5. The molecule has 14 rings (SSSR count). The van der Waals surface area contributed by atoms with Crippen LogP contribution in [0.2, 0.25) is 0 Å². The lowest BCUT2D eigenvalue weighted by atomic mass is 9.72. The quantitative estimate of drug-likeness (QED) is 0.108. The van der Waals surface area contributed by atoms with Gasteiger partial charge in [-0.05, 0) is 114 Å². The number of rotatable bonds is 13. The predicted molar refractivity (Wildman–Crippen MR) is 390 cm³/mol. The first kappa shape index (κ1) is 64.7. The zero-order valence-corrected chi connectivity index (χ0v) is 57.2. The van der Waals surface area contributed by atoms with E-state index in [1.54, 1.807) is 0 Å². The van der Waals surface area contributed by atoms with Gasteiger partial charge >= 0.3 is 0 Å². The molecule has 95 heavy (non-hydrogen) atoms. The molecule has 0 spiro atoms. The molecule has 0 atom stereocenters. The monoisotopic (exact) mass is 1250 g/mol. The molecule has 11 aromatic rings. The third kappa shape index (κ3) is 14.0. The van der Waals surface area contributed by atoms with Crippen LogP contribution in [0.1, 0.15) is 139 Å². The van der Waals surface area contributed by atoms with Crippen molar-refractivity contribution in [3.63, 3.8) is 0 Å². The summed E-state index contributed by atoms with van der Waals surface area (Å²) in [7, 11) is 0. The average molecular weight is 1250 g/mol. The van der Waals surface area contributed by atoms with Crippen molar-refractivity contribution in [2.75, 3.05) is 20.2 Å². The van der Waals surface area contributed by atoms with Crippen LogP contribution in [-0.4, -0.2) is 52.6 Å². The highest BCUT2D eigenvalue weighted by Crippen LogP contribution is 2.47. The van der Waals surface area contributed by atoms with Gasteiger partial charge in [0.1, 0.15) is 28.7 Å². The highest BCUT2D eigenvalue weighted by Gasteiger charge is 2.37. The van der Waals surface area contributed by atoms with E-state index in [4.69, 9.17) is 18.9 Å². The minimum Gasteiger partial charge on any atom is -0.457 e. The fourth-order valence-electron chi connectivity index (χ4n) is 13.4. The average Bonchev–Trinajstić information content (AvgIpc) is 0.760. The van der Waals surface area contributed by atoms with Crippen LogP contribution < -0.4 is 18.9 Å². The third-order valence-electron chi connectivity index (χ3n) is 19.2. The van der Waals surface area contributed by atoms with E-state index in [9.17, 15) is 0 Å². The Labute approximate surface area is 563 Å². The van der Waals surface area contributed by atoms with Crippen LogP contribution in [0.3, 0.4) is 0 Å². The number of hydrogen-bond donors (Lipinski definition) is 0. The summed E-state index contributed by atoms with van der Waals surface area (Å²) >= 11 is 0. The number of fused-ring (bicyclic) bond motifs is 3. The number of ether oxygens (including phenoxy) is 4. The zero-order chi connectivity index (χ0) is 66.5. The molecule has 0 unspecified atom stereocenters. The molecule has 476 valence electrons. The summed E-state index contributed by atoms with van der Waals surface area (Å²) in [5.41, 5.74) is 21.0. The second kappa shape index (κ2) is 27.3. The van der Waals surface area contributed by atoms with Gasteiger partial charge in [0.2, 0.25) is 17.1 Å². The Balaban J connectivity index is 0.000000139. The van der Waals surface area contributed by atoms with Crippen molar-refractivity contribution in [1.82, 2.24) is 0 Å². The van der Waals surface area contributed by atoms with Crippen LogP contribution in [0.15, 0.2) is 261 Å². The fourth-order valence-corrected chi connectivity index (χ4v) is 13.4. The van der Waals surface area contributed by atoms with Crippen LogP contribution in [0.25, 0.3) is 0 Å². The number of benzene rings is 11. The van der Waals surface area contributed by atoms with E-state index in [1.807, 2.05) is 67.6 Å². The van der Waals surface area contributed by atoms with Gasteiger partial charge in [0.15, 0.2) is 18.6 Å². The molecule has 0 saturated carbocycles. The van der Waals surface area contributed by atoms with E-state index in [2.05, 4.69) is 309 Å². The topological polar surface area (TPSA) is 46.0 Å². The van der Waals surface area contributed by atoms with Gasteiger partial charge in [-0.1, -0.05) is 250 Å². The van der Waals surface area contributed by atoms with Gasteiger partial charge in [0.05, 0.1) is 16.7 Å². The molecule has 0 fully saturated rings. The number of nitrogens with zero attached hydrogens (tertiary/aromatic N) is 3. The van der Waals surface area contributed by atoms with Gasteiger partial charge in [-0.15, -0.1) is 0 Å². The Morgan fingerprint density at radius 1 is 0.295 bits per heavy atom. The first-order chi connectivity index (χ1) is 45.7. The summed E-state index contributed by atoms with van der Waals surface area (Å²) in [5, 5.41) is 0. The maximum absolute atomic E-state index is 6.58. The molecule has 0 amide bonds. The van der Waals surface area contributed by atoms with E-state index >= 15 is 0 Å². The van der Waals surface area contributed by atoms with Crippen LogP contribution in [-0.2, 0) is 21.7 Å². The van der Waals surface area contributed by atoms with E-state index in [0.717, 1.165) is 62.4 Å². The van der Waals surface area contributed by atoms with Crippen molar-refractivity contribution >= 4 is 35.7 Å². The lowest BCUT2D eigenvalue weighted by molar-refractivity contribution is -0.476. The second-order valence-electron chi connectivity index (χ2n) is 27.5. The van der Waals surface area contributed by atoms with E-state index in [-0.39, 0.29) is 21.7 Å². The molecule has 3 aliphatic heterocycles. The lowest BCUT2D eigenvalue weighted by Crippen LogP contribution is -2.28. The first-order valence-electron chi connectivity index (χ1n) is 33.1. The van der Waals surface area contributed by atoms with E-state index < -0.39 is 0 Å². The fraction of sp³-hybridized carbons (Fsp3) is 0.216. The number of hydrogen-bond acceptors (Lipinski definition) is 4. The zero-order valence-electron chi connectivity index (χ0n) is 57.2. The smallest absolute Gasteiger partial charge is 0.292 e. The molecule has 0 aliphatic carbocycles. The Morgan fingerprint density at radius 3 is 1.13 bits per heavy atom. The summed E-state index contributed by atoms with van der Waals surface area (Å²) in [6.45, 7) is 28.5. The van der Waals surface area contributed by atoms with Crippen molar-refractivity contribution < 1.29 is 32.7 Å². The van der Waals surface area contributed by atoms with Crippen molar-refractivity contribution in [2.24, 2.45) is 0 Å². The summed E-state index contributed by atoms with van der Waals surface area (Å²) in [6, 6.07) is 91.6. The van der Waals surface area contributed by atoms with Gasteiger partial charge in [-0.3, -0.25) is 0 Å². The molecular weight excluding hydrogens is 1160 g/mol. The molecular formula is C88H88N3O4+3. The first-order valence-corrected chi connectivity index (χ1v) is 33.1. The maximum atomic E-state index is 6.58. The molecule has 3 heterocycles. The molecule has 0 radical (unpaired) electrons. The maximum Gasteiger partial charge on any atom is 0.292 e. The molecule has 0 N–H and O–H groups in total. The van der Waals surface area contributed by atoms with E-state index in [1.165, 1.54) is 66.9 Å². The molecule has 7 heteroatoms. The third-order valence-corrected chi connectivity index (χ3v) is 19.2. The van der Waals surface area contributed by atoms with Gasteiger partial charge in [-0.2, -0.15) is 13.7 Å². The summed E-state index contributed by atoms with van der Waals surface area (Å²) < 4.78 is 31.6. The Bertz CT molecular complexity index is 4610. The predicted octanol–water partition coefficient (Wildman–Crippen LogP) is 20.7. The van der Waals surface area contributed by atoms with Crippen molar-refractivity contribution in [2.45, 2.75) is 105 Å². The van der Waals surface area contributed by atoms with Gasteiger partial charge in [0, 0.05) is 68.7 Å². The Morgan fingerprint density at radius 2 is 0.663 bits per heavy atom. The lowest BCUT2D eigenvalue weighted by Gasteiger charge is -2.33. The standard InChI is InChI=1S/C34H36NO.C33H34NO.C21H18NO2/c1-24-17-25(2)19-30(18-24)35-22-26-20-29(33(3,4)27-13-9-7-10-14-27)21-31(32(26)36-23-35)34(5,6)28-15-11-8-12-16-28;1-24-14-12-13-19-30(24)34-22-25-20-28(32(2,3)26-15-8-6-9-16-26)21-29(31(25)35-23-34)33(4,5)27-17-10-7-11-18-27;1-16-12-20(24-19-10-6-3-7-11-19)13-17-14-22(15-23-21(16)17)18-8-4-2-5-9-18/h7-22H,23H2,1-6H3;6-22H,23H2,1-5H3;2-14H,15H2,1H3/q3*+1. The SMILES string of the molecule is Cc1cc(C)cc([N+]2=Cc3cc(C(C)(C)c4ccccc4)cc(C(C)(C)c4ccccc4)c3OC2)c1.Cc1cc(Oc2ccccc2)cc2c1OC[N+](c1ccccc1)=C2.Cc1ccccc1[N+]1=Cc2cc(C(C)(C)c3ccccc3)cc(C(C)(C)c3ccccc3)c2OC1. The molecule has 11 aromatic carbocycles. The van der Waals surface area contributed by atoms with Crippen LogP contribution >= 0.6 is 0 Å². The number of aryl methyl sites for hydroxylation is 4. The highest BCUT2D eigenvalue weighted by molar-refractivity contribution is 5.86. The van der Waals surface area contributed by atoms with E-state index in [0.29, 0.717) is 20.2 Å². The summed E-state index contributed by atoms with van der Waals surface area (Å²) in [6.07, 6.45) is 6.64. The second-order valence-corrected chi connectivity index (χ2v) is 27.5.